The number of phenolic OH excluding ortho intramolecular Hbond substituents is 1. The summed E-state index contributed by atoms with van der Waals surface area (Å²) in [6, 6.07) is 6.43. The number of hydrogen-bond donors (Lipinski definition) is 2. The second-order valence-corrected chi connectivity index (χ2v) is 4.93. The number of rotatable bonds is 3. The van der Waals surface area contributed by atoms with E-state index in [1.807, 2.05) is 25.1 Å². The van der Waals surface area contributed by atoms with Gasteiger partial charge in [0, 0.05) is 17.8 Å². The van der Waals surface area contributed by atoms with Crippen LogP contribution in [0.15, 0.2) is 18.2 Å². The third-order valence-electron chi connectivity index (χ3n) is 3.70. The number of aryl methyl sites for hydroxylation is 1. The Balaban J connectivity index is 1.97. The summed E-state index contributed by atoms with van der Waals surface area (Å²) in [6.07, 6.45) is 5.15. The van der Waals surface area contributed by atoms with E-state index in [1.54, 1.807) is 0 Å². The summed E-state index contributed by atoms with van der Waals surface area (Å²) in [7, 11) is 0. The summed E-state index contributed by atoms with van der Waals surface area (Å²) in [6.45, 7) is 4.19. The normalized spacial score (nSPS) is 24.6. The Morgan fingerprint density at radius 1 is 1.38 bits per heavy atom. The van der Waals surface area contributed by atoms with Crippen LogP contribution in [0.3, 0.4) is 0 Å². The molecule has 0 amide bonds. The third kappa shape index (κ3) is 2.49. The van der Waals surface area contributed by atoms with E-state index in [0.717, 1.165) is 17.2 Å². The summed E-state index contributed by atoms with van der Waals surface area (Å²) in [4.78, 5) is 0. The van der Waals surface area contributed by atoms with Crippen molar-refractivity contribution in [3.63, 3.8) is 0 Å². The number of nitrogens with one attached hydrogen (secondary N) is 1. The van der Waals surface area contributed by atoms with Gasteiger partial charge in [0.15, 0.2) is 0 Å². The minimum absolute atomic E-state index is 0.384. The van der Waals surface area contributed by atoms with Crippen molar-refractivity contribution in [2.75, 3.05) is 5.32 Å². The van der Waals surface area contributed by atoms with Crippen molar-refractivity contribution in [2.24, 2.45) is 5.92 Å². The molecule has 1 aromatic carbocycles. The average molecular weight is 219 g/mol. The molecule has 1 saturated carbocycles. The molecule has 0 radical (unpaired) electrons. The van der Waals surface area contributed by atoms with E-state index >= 15 is 0 Å². The van der Waals surface area contributed by atoms with Gasteiger partial charge >= 0.3 is 0 Å². The first-order valence-electron chi connectivity index (χ1n) is 6.25. The molecule has 1 fully saturated rings. The largest absolute Gasteiger partial charge is 0.508 e. The van der Waals surface area contributed by atoms with Crippen LogP contribution in [0.2, 0.25) is 0 Å². The van der Waals surface area contributed by atoms with Crippen molar-refractivity contribution in [3.8, 4) is 5.75 Å². The molecule has 2 N–H and O–H groups in total. The lowest BCUT2D eigenvalue weighted by Gasteiger charge is -2.15. The predicted octanol–water partition coefficient (Wildman–Crippen LogP) is 3.69. The minimum Gasteiger partial charge on any atom is -0.508 e. The maximum atomic E-state index is 9.63. The summed E-state index contributed by atoms with van der Waals surface area (Å²) in [5, 5.41) is 13.1. The van der Waals surface area contributed by atoms with Crippen molar-refractivity contribution in [2.45, 2.75) is 45.6 Å². The number of benzene rings is 1. The summed E-state index contributed by atoms with van der Waals surface area (Å²) >= 11 is 0. The maximum Gasteiger partial charge on any atom is 0.120 e. The standard InChI is InChI=1S/C14H21NO/c1-3-11-5-7-12(8-11)15-13-6-4-10(2)14(16)9-13/h4,6,9,11-12,15-16H,3,5,7-8H2,1-2H3. The molecule has 2 rings (SSSR count). The van der Waals surface area contributed by atoms with Crippen LogP contribution in [0.4, 0.5) is 5.69 Å². The fraction of sp³-hybridized carbons (Fsp3) is 0.571. The van der Waals surface area contributed by atoms with Gasteiger partial charge in [0.2, 0.25) is 0 Å². The van der Waals surface area contributed by atoms with Crippen LogP contribution in [0, 0.1) is 12.8 Å². The highest BCUT2D eigenvalue weighted by atomic mass is 16.3. The summed E-state index contributed by atoms with van der Waals surface area (Å²) in [5.74, 6) is 1.27. The highest BCUT2D eigenvalue weighted by molar-refractivity contribution is 5.51. The Labute approximate surface area is 97.7 Å². The van der Waals surface area contributed by atoms with E-state index in [2.05, 4.69) is 12.2 Å². The van der Waals surface area contributed by atoms with Crippen molar-refractivity contribution in [1.82, 2.24) is 0 Å². The van der Waals surface area contributed by atoms with E-state index in [-0.39, 0.29) is 0 Å². The molecule has 16 heavy (non-hydrogen) atoms. The number of aromatic hydroxyl groups is 1. The zero-order valence-electron chi connectivity index (χ0n) is 10.2. The second kappa shape index (κ2) is 4.77. The predicted molar refractivity (Wildman–Crippen MR) is 67.9 cm³/mol. The molecule has 1 aromatic rings. The average Bonchev–Trinajstić information content (AvgIpc) is 2.71. The zero-order valence-corrected chi connectivity index (χ0v) is 10.2. The van der Waals surface area contributed by atoms with Crippen molar-refractivity contribution < 1.29 is 5.11 Å². The first kappa shape index (κ1) is 11.3. The van der Waals surface area contributed by atoms with Crippen LogP contribution in [-0.4, -0.2) is 11.1 Å². The van der Waals surface area contributed by atoms with Crippen LogP contribution in [0.5, 0.6) is 5.75 Å². The zero-order chi connectivity index (χ0) is 11.5. The first-order valence-corrected chi connectivity index (χ1v) is 6.25. The molecule has 2 heteroatoms. The van der Waals surface area contributed by atoms with Crippen LogP contribution >= 0.6 is 0 Å². The Morgan fingerprint density at radius 2 is 2.19 bits per heavy atom. The van der Waals surface area contributed by atoms with Crippen molar-refractivity contribution >= 4 is 5.69 Å². The van der Waals surface area contributed by atoms with Gasteiger partial charge in [-0.1, -0.05) is 19.4 Å². The molecule has 0 aromatic heterocycles. The van der Waals surface area contributed by atoms with Gasteiger partial charge in [0.05, 0.1) is 0 Å². The van der Waals surface area contributed by atoms with E-state index < -0.39 is 0 Å². The number of phenols is 1. The van der Waals surface area contributed by atoms with Crippen LogP contribution < -0.4 is 5.32 Å². The first-order chi connectivity index (χ1) is 7.69. The molecule has 0 heterocycles. The Hall–Kier alpha value is -1.18. The van der Waals surface area contributed by atoms with E-state index in [0.29, 0.717) is 11.8 Å². The molecule has 1 aliphatic rings. The summed E-state index contributed by atoms with van der Waals surface area (Å²) < 4.78 is 0. The lowest BCUT2D eigenvalue weighted by Crippen LogP contribution is -2.15. The topological polar surface area (TPSA) is 32.3 Å². The van der Waals surface area contributed by atoms with Gasteiger partial charge < -0.3 is 10.4 Å². The van der Waals surface area contributed by atoms with Gasteiger partial charge in [0.1, 0.15) is 5.75 Å². The molecule has 1 aliphatic carbocycles. The van der Waals surface area contributed by atoms with Gasteiger partial charge in [-0.3, -0.25) is 0 Å². The molecular formula is C14H21NO. The minimum atomic E-state index is 0.384. The fourth-order valence-electron chi connectivity index (χ4n) is 2.51. The smallest absolute Gasteiger partial charge is 0.120 e. The third-order valence-corrected chi connectivity index (χ3v) is 3.70. The molecule has 88 valence electrons. The fourth-order valence-corrected chi connectivity index (χ4v) is 2.51. The molecule has 0 aliphatic heterocycles. The SMILES string of the molecule is CCC1CCC(Nc2ccc(C)c(O)c2)C1. The Morgan fingerprint density at radius 3 is 2.81 bits per heavy atom. The monoisotopic (exact) mass is 219 g/mol. The summed E-state index contributed by atoms with van der Waals surface area (Å²) in [5.41, 5.74) is 1.98. The van der Waals surface area contributed by atoms with Crippen molar-refractivity contribution in [1.29, 1.82) is 0 Å². The highest BCUT2D eigenvalue weighted by Crippen LogP contribution is 2.31. The highest BCUT2D eigenvalue weighted by Gasteiger charge is 2.22. The lowest BCUT2D eigenvalue weighted by molar-refractivity contribution is 0.471. The lowest BCUT2D eigenvalue weighted by atomic mass is 10.1. The van der Waals surface area contributed by atoms with E-state index in [4.69, 9.17) is 0 Å². The number of anilines is 1. The Bertz CT molecular complexity index is 362. The van der Waals surface area contributed by atoms with Crippen molar-refractivity contribution in [3.05, 3.63) is 23.8 Å². The van der Waals surface area contributed by atoms with Gasteiger partial charge in [-0.25, -0.2) is 0 Å². The van der Waals surface area contributed by atoms with Gasteiger partial charge in [-0.05, 0) is 43.7 Å². The van der Waals surface area contributed by atoms with Gasteiger partial charge in [0.25, 0.3) is 0 Å². The molecule has 2 unspecified atom stereocenters. The Kier molecular flexibility index (Phi) is 3.37. The quantitative estimate of drug-likeness (QED) is 0.812. The maximum absolute atomic E-state index is 9.63. The van der Waals surface area contributed by atoms with Crippen LogP contribution in [0.25, 0.3) is 0 Å². The molecule has 0 spiro atoms. The van der Waals surface area contributed by atoms with E-state index in [9.17, 15) is 5.11 Å². The molecule has 2 nitrogen and oxygen atoms in total. The second-order valence-electron chi connectivity index (χ2n) is 4.93. The molecule has 0 saturated heterocycles. The molecule has 0 bridgehead atoms. The van der Waals surface area contributed by atoms with Crippen LogP contribution in [-0.2, 0) is 0 Å². The van der Waals surface area contributed by atoms with E-state index in [1.165, 1.54) is 25.7 Å². The molecule has 2 atom stereocenters. The number of hydrogen-bond acceptors (Lipinski definition) is 2. The van der Waals surface area contributed by atoms with Gasteiger partial charge in [-0.15, -0.1) is 0 Å². The van der Waals surface area contributed by atoms with Gasteiger partial charge in [-0.2, -0.15) is 0 Å². The molecular weight excluding hydrogens is 198 g/mol. The van der Waals surface area contributed by atoms with Crippen LogP contribution in [0.1, 0.15) is 38.2 Å².